The Morgan fingerprint density at radius 1 is 0.895 bits per heavy atom. The lowest BCUT2D eigenvalue weighted by atomic mass is 10.1. The van der Waals surface area contributed by atoms with Gasteiger partial charge in [-0.2, -0.15) is 0 Å². The fraction of sp³-hybridized carbons (Fsp3) is 0.133. The fourth-order valence-electron chi connectivity index (χ4n) is 1.91. The lowest BCUT2D eigenvalue weighted by Crippen LogP contribution is -1.85. The summed E-state index contributed by atoms with van der Waals surface area (Å²) in [4.78, 5) is 4.33. The van der Waals surface area contributed by atoms with E-state index in [1.165, 1.54) is 18.3 Å². The van der Waals surface area contributed by atoms with Crippen molar-refractivity contribution >= 4 is 11.9 Å². The maximum Gasteiger partial charge on any atom is 0.128 e. The van der Waals surface area contributed by atoms with Gasteiger partial charge in [0.15, 0.2) is 0 Å². The van der Waals surface area contributed by atoms with E-state index in [-0.39, 0.29) is 17.2 Å². The Hall–Kier alpha value is -2.49. The molecule has 2 rings (SSSR count). The molecule has 19 heavy (non-hydrogen) atoms. The highest BCUT2D eigenvalue weighted by atomic mass is 16.3. The molecule has 0 aliphatic carbocycles. The molecule has 0 aromatic heterocycles. The van der Waals surface area contributed by atoms with Gasteiger partial charge in [-0.25, -0.2) is 0 Å². The van der Waals surface area contributed by atoms with Gasteiger partial charge >= 0.3 is 0 Å². The summed E-state index contributed by atoms with van der Waals surface area (Å²) >= 11 is 0. The summed E-state index contributed by atoms with van der Waals surface area (Å²) in [6.45, 7) is 3.71. The number of benzene rings is 2. The molecule has 0 atom stereocenters. The van der Waals surface area contributed by atoms with E-state index in [0.717, 1.165) is 16.8 Å². The molecule has 0 amide bonds. The number of aliphatic imine (C=N–C) groups is 1. The second kappa shape index (κ2) is 5.02. The molecule has 0 saturated heterocycles. The SMILES string of the molecule is Cc1cc(O)cc(C)c1N=Cc1ccc(O)cc1O. The predicted molar refractivity (Wildman–Crippen MR) is 74.6 cm³/mol. The Bertz CT molecular complexity index is 625. The Balaban J connectivity index is 2.38. The van der Waals surface area contributed by atoms with E-state index in [0.29, 0.717) is 5.56 Å². The zero-order chi connectivity index (χ0) is 14.0. The predicted octanol–water partition coefficient (Wildman–Crippen LogP) is 3.17. The van der Waals surface area contributed by atoms with Crippen molar-refractivity contribution in [3.8, 4) is 17.2 Å². The van der Waals surface area contributed by atoms with Crippen molar-refractivity contribution in [1.82, 2.24) is 0 Å². The summed E-state index contributed by atoms with van der Waals surface area (Å²) in [5, 5.41) is 28.3. The molecule has 2 aromatic carbocycles. The van der Waals surface area contributed by atoms with E-state index in [9.17, 15) is 15.3 Å². The van der Waals surface area contributed by atoms with Gasteiger partial charge in [0.1, 0.15) is 17.2 Å². The van der Waals surface area contributed by atoms with Gasteiger partial charge in [-0.05, 0) is 49.2 Å². The molecule has 0 radical (unpaired) electrons. The topological polar surface area (TPSA) is 73.1 Å². The van der Waals surface area contributed by atoms with E-state index < -0.39 is 0 Å². The molecule has 0 spiro atoms. The number of aromatic hydroxyl groups is 3. The summed E-state index contributed by atoms with van der Waals surface area (Å²) < 4.78 is 0. The molecule has 4 nitrogen and oxygen atoms in total. The first-order valence-electron chi connectivity index (χ1n) is 5.83. The third-order valence-electron chi connectivity index (χ3n) is 2.82. The minimum atomic E-state index is -0.0298. The summed E-state index contributed by atoms with van der Waals surface area (Å²) in [5.74, 6) is 0.186. The number of phenols is 3. The Kier molecular flexibility index (Phi) is 3.42. The van der Waals surface area contributed by atoms with Crippen molar-refractivity contribution in [2.75, 3.05) is 0 Å². The number of phenolic OH excluding ortho intramolecular Hbond substituents is 3. The number of nitrogens with zero attached hydrogens (tertiary/aromatic N) is 1. The zero-order valence-electron chi connectivity index (χ0n) is 10.8. The first-order chi connectivity index (χ1) is 8.97. The first-order valence-corrected chi connectivity index (χ1v) is 5.83. The van der Waals surface area contributed by atoms with Gasteiger partial charge in [-0.3, -0.25) is 4.99 Å². The molecule has 0 heterocycles. The average molecular weight is 257 g/mol. The number of hydrogen-bond donors (Lipinski definition) is 3. The molecule has 0 bridgehead atoms. The maximum absolute atomic E-state index is 9.66. The van der Waals surface area contributed by atoms with E-state index in [4.69, 9.17) is 0 Å². The molecule has 0 fully saturated rings. The van der Waals surface area contributed by atoms with E-state index in [2.05, 4.69) is 4.99 Å². The standard InChI is InChI=1S/C15H15NO3/c1-9-5-13(18)6-10(2)15(9)16-8-11-3-4-12(17)7-14(11)19/h3-8,17-19H,1-2H3. The highest BCUT2D eigenvalue weighted by Gasteiger charge is 2.04. The number of hydrogen-bond acceptors (Lipinski definition) is 4. The van der Waals surface area contributed by atoms with Crippen LogP contribution in [0, 0.1) is 13.8 Å². The van der Waals surface area contributed by atoms with Crippen LogP contribution in [-0.4, -0.2) is 21.5 Å². The number of aryl methyl sites for hydroxylation is 2. The van der Waals surface area contributed by atoms with Crippen LogP contribution in [0.5, 0.6) is 17.2 Å². The molecule has 0 aliphatic heterocycles. The summed E-state index contributed by atoms with van der Waals surface area (Å²) in [6, 6.07) is 7.60. The van der Waals surface area contributed by atoms with Crippen molar-refractivity contribution in [1.29, 1.82) is 0 Å². The lowest BCUT2D eigenvalue weighted by molar-refractivity contribution is 0.450. The minimum absolute atomic E-state index is 0.00615. The van der Waals surface area contributed by atoms with E-state index in [1.807, 2.05) is 13.8 Å². The quantitative estimate of drug-likeness (QED) is 0.723. The minimum Gasteiger partial charge on any atom is -0.508 e. The first kappa shape index (κ1) is 13.0. The van der Waals surface area contributed by atoms with Gasteiger partial charge < -0.3 is 15.3 Å². The smallest absolute Gasteiger partial charge is 0.128 e. The van der Waals surface area contributed by atoms with Crippen LogP contribution in [0.1, 0.15) is 16.7 Å². The van der Waals surface area contributed by atoms with Gasteiger partial charge in [0.05, 0.1) is 5.69 Å². The maximum atomic E-state index is 9.66. The lowest BCUT2D eigenvalue weighted by Gasteiger charge is -2.06. The number of rotatable bonds is 2. The van der Waals surface area contributed by atoms with Crippen LogP contribution in [0.15, 0.2) is 35.3 Å². The van der Waals surface area contributed by atoms with Crippen LogP contribution >= 0.6 is 0 Å². The van der Waals surface area contributed by atoms with Gasteiger partial charge in [0.2, 0.25) is 0 Å². The highest BCUT2D eigenvalue weighted by Crippen LogP contribution is 2.28. The second-order valence-electron chi connectivity index (χ2n) is 4.43. The Morgan fingerprint density at radius 3 is 2.11 bits per heavy atom. The van der Waals surface area contributed by atoms with Gasteiger partial charge in [-0.15, -0.1) is 0 Å². The molecule has 2 aromatic rings. The molecule has 0 unspecified atom stereocenters. The van der Waals surface area contributed by atoms with E-state index in [1.54, 1.807) is 18.2 Å². The Labute approximate surface area is 111 Å². The molecule has 0 saturated carbocycles. The third kappa shape index (κ3) is 2.85. The van der Waals surface area contributed by atoms with Crippen molar-refractivity contribution in [3.63, 3.8) is 0 Å². The van der Waals surface area contributed by atoms with Crippen molar-refractivity contribution in [3.05, 3.63) is 47.0 Å². The summed E-state index contributed by atoms with van der Waals surface area (Å²) in [7, 11) is 0. The third-order valence-corrected chi connectivity index (χ3v) is 2.82. The van der Waals surface area contributed by atoms with Gasteiger partial charge in [0.25, 0.3) is 0 Å². The highest BCUT2D eigenvalue weighted by molar-refractivity contribution is 5.86. The van der Waals surface area contributed by atoms with Crippen LogP contribution < -0.4 is 0 Å². The average Bonchev–Trinajstić information content (AvgIpc) is 2.30. The monoisotopic (exact) mass is 257 g/mol. The molecule has 0 aliphatic rings. The summed E-state index contributed by atoms with van der Waals surface area (Å²) in [5.41, 5.74) is 2.98. The fourth-order valence-corrected chi connectivity index (χ4v) is 1.91. The van der Waals surface area contributed by atoms with Crippen molar-refractivity contribution in [2.45, 2.75) is 13.8 Å². The van der Waals surface area contributed by atoms with Crippen LogP contribution in [0.4, 0.5) is 5.69 Å². The molecular formula is C15H15NO3. The largest absolute Gasteiger partial charge is 0.508 e. The summed E-state index contributed by atoms with van der Waals surface area (Å²) in [6.07, 6.45) is 1.53. The van der Waals surface area contributed by atoms with Crippen LogP contribution in [0.2, 0.25) is 0 Å². The van der Waals surface area contributed by atoms with Crippen LogP contribution in [0.3, 0.4) is 0 Å². The normalized spacial score (nSPS) is 11.1. The second-order valence-corrected chi connectivity index (χ2v) is 4.43. The molecular weight excluding hydrogens is 242 g/mol. The molecule has 98 valence electrons. The van der Waals surface area contributed by atoms with Gasteiger partial charge in [-0.1, -0.05) is 0 Å². The molecule has 3 N–H and O–H groups in total. The van der Waals surface area contributed by atoms with Crippen LogP contribution in [0.25, 0.3) is 0 Å². The van der Waals surface area contributed by atoms with Gasteiger partial charge in [0, 0.05) is 17.8 Å². The van der Waals surface area contributed by atoms with Crippen molar-refractivity contribution < 1.29 is 15.3 Å². The zero-order valence-corrected chi connectivity index (χ0v) is 10.8. The molecule has 4 heteroatoms. The Morgan fingerprint density at radius 2 is 1.53 bits per heavy atom. The van der Waals surface area contributed by atoms with E-state index >= 15 is 0 Å². The van der Waals surface area contributed by atoms with Crippen LogP contribution in [-0.2, 0) is 0 Å². The van der Waals surface area contributed by atoms with Crippen molar-refractivity contribution in [2.24, 2.45) is 4.99 Å².